The largest absolute Gasteiger partial charge is 0.326 e. The number of hydrogen-bond acceptors (Lipinski definition) is 2. The van der Waals surface area contributed by atoms with E-state index in [1.165, 1.54) is 0 Å². The van der Waals surface area contributed by atoms with Crippen molar-refractivity contribution in [2.45, 2.75) is 20.0 Å². The van der Waals surface area contributed by atoms with Gasteiger partial charge in [0.15, 0.2) is 0 Å². The molecule has 3 aromatic rings. The summed E-state index contributed by atoms with van der Waals surface area (Å²) in [5.74, 6) is 0. The van der Waals surface area contributed by atoms with Gasteiger partial charge in [-0.1, -0.05) is 30.3 Å². The van der Waals surface area contributed by atoms with Crippen LogP contribution in [0.2, 0.25) is 0 Å². The molecule has 4 heteroatoms. The lowest BCUT2D eigenvalue weighted by atomic mass is 10.1. The number of nitrogens with one attached hydrogen (secondary N) is 1. The van der Waals surface area contributed by atoms with E-state index in [1.54, 1.807) is 4.57 Å². The molecule has 0 atom stereocenters. The molecule has 0 aliphatic carbocycles. The number of rotatable bonds is 3. The molecule has 0 spiro atoms. The second kappa shape index (κ2) is 4.98. The molecule has 20 heavy (non-hydrogen) atoms. The standard InChI is InChI=1S/C16H17N3O/c1-11-2-7-14-15(8-11)19(16(20)18-14)10-13-5-3-12(9-17)4-6-13/h2-8H,9-10,17H2,1H3,(H,18,20). The van der Waals surface area contributed by atoms with E-state index in [4.69, 9.17) is 5.73 Å². The van der Waals surface area contributed by atoms with Gasteiger partial charge in [-0.05, 0) is 35.7 Å². The lowest BCUT2D eigenvalue weighted by Crippen LogP contribution is -2.17. The molecule has 0 saturated heterocycles. The van der Waals surface area contributed by atoms with E-state index >= 15 is 0 Å². The van der Waals surface area contributed by atoms with Crippen LogP contribution in [0.4, 0.5) is 0 Å². The van der Waals surface area contributed by atoms with Crippen LogP contribution in [0, 0.1) is 6.92 Å². The molecule has 1 aromatic heterocycles. The number of benzene rings is 2. The minimum atomic E-state index is -0.0755. The number of fused-ring (bicyclic) bond motifs is 1. The van der Waals surface area contributed by atoms with Crippen molar-refractivity contribution in [2.75, 3.05) is 0 Å². The zero-order chi connectivity index (χ0) is 14.1. The molecule has 4 nitrogen and oxygen atoms in total. The summed E-state index contributed by atoms with van der Waals surface area (Å²) in [5, 5.41) is 0. The predicted molar refractivity (Wildman–Crippen MR) is 80.7 cm³/mol. The van der Waals surface area contributed by atoms with Crippen molar-refractivity contribution in [3.05, 3.63) is 69.6 Å². The van der Waals surface area contributed by atoms with Crippen molar-refractivity contribution >= 4 is 11.0 Å². The van der Waals surface area contributed by atoms with Crippen LogP contribution in [0.25, 0.3) is 11.0 Å². The fourth-order valence-corrected chi connectivity index (χ4v) is 2.38. The summed E-state index contributed by atoms with van der Waals surface area (Å²) >= 11 is 0. The van der Waals surface area contributed by atoms with Crippen molar-refractivity contribution in [1.82, 2.24) is 9.55 Å². The number of aromatic amines is 1. The Bertz CT molecular complexity index is 797. The van der Waals surface area contributed by atoms with E-state index in [0.29, 0.717) is 13.1 Å². The molecule has 0 radical (unpaired) electrons. The zero-order valence-electron chi connectivity index (χ0n) is 11.4. The number of aromatic nitrogens is 2. The van der Waals surface area contributed by atoms with Gasteiger partial charge in [0.25, 0.3) is 0 Å². The Balaban J connectivity index is 2.03. The maximum absolute atomic E-state index is 12.1. The Morgan fingerprint density at radius 3 is 2.50 bits per heavy atom. The fraction of sp³-hybridized carbons (Fsp3) is 0.188. The molecule has 0 unspecified atom stereocenters. The van der Waals surface area contributed by atoms with Crippen molar-refractivity contribution in [2.24, 2.45) is 5.73 Å². The van der Waals surface area contributed by atoms with Crippen LogP contribution in [-0.2, 0) is 13.1 Å². The smallest absolute Gasteiger partial charge is 0.326 e. The van der Waals surface area contributed by atoms with E-state index in [1.807, 2.05) is 49.4 Å². The van der Waals surface area contributed by atoms with Crippen molar-refractivity contribution in [3.8, 4) is 0 Å². The highest BCUT2D eigenvalue weighted by Crippen LogP contribution is 2.14. The van der Waals surface area contributed by atoms with Gasteiger partial charge in [-0.2, -0.15) is 0 Å². The van der Waals surface area contributed by atoms with E-state index in [-0.39, 0.29) is 5.69 Å². The first-order valence-corrected chi connectivity index (χ1v) is 6.64. The Morgan fingerprint density at radius 2 is 1.80 bits per heavy atom. The van der Waals surface area contributed by atoms with Gasteiger partial charge >= 0.3 is 5.69 Å². The van der Waals surface area contributed by atoms with E-state index < -0.39 is 0 Å². The van der Waals surface area contributed by atoms with Crippen LogP contribution in [0.15, 0.2) is 47.3 Å². The molecule has 2 aromatic carbocycles. The van der Waals surface area contributed by atoms with Crippen molar-refractivity contribution < 1.29 is 0 Å². The van der Waals surface area contributed by atoms with Crippen molar-refractivity contribution in [3.63, 3.8) is 0 Å². The molecular formula is C16H17N3O. The quantitative estimate of drug-likeness (QED) is 0.763. The van der Waals surface area contributed by atoms with Crippen LogP contribution >= 0.6 is 0 Å². The first kappa shape index (κ1) is 12.7. The highest BCUT2D eigenvalue weighted by atomic mass is 16.1. The summed E-state index contributed by atoms with van der Waals surface area (Å²) in [6, 6.07) is 14.0. The van der Waals surface area contributed by atoms with Crippen LogP contribution in [0.3, 0.4) is 0 Å². The van der Waals surface area contributed by atoms with Crippen molar-refractivity contribution in [1.29, 1.82) is 0 Å². The molecule has 3 N–H and O–H groups in total. The van der Waals surface area contributed by atoms with E-state index in [2.05, 4.69) is 4.98 Å². The third-order valence-electron chi connectivity index (χ3n) is 3.53. The highest BCUT2D eigenvalue weighted by molar-refractivity contribution is 5.76. The minimum Gasteiger partial charge on any atom is -0.326 e. The lowest BCUT2D eigenvalue weighted by molar-refractivity contribution is 0.786. The molecule has 0 aliphatic rings. The highest BCUT2D eigenvalue weighted by Gasteiger charge is 2.07. The maximum atomic E-state index is 12.1. The number of nitrogens with zero attached hydrogens (tertiary/aromatic N) is 1. The second-order valence-electron chi connectivity index (χ2n) is 5.06. The lowest BCUT2D eigenvalue weighted by Gasteiger charge is -2.05. The number of hydrogen-bond donors (Lipinski definition) is 2. The average molecular weight is 267 g/mol. The van der Waals surface area contributed by atoms with Gasteiger partial charge in [0.1, 0.15) is 0 Å². The summed E-state index contributed by atoms with van der Waals surface area (Å²) in [6.07, 6.45) is 0. The number of aryl methyl sites for hydroxylation is 1. The molecule has 0 saturated carbocycles. The Hall–Kier alpha value is -2.33. The fourth-order valence-electron chi connectivity index (χ4n) is 2.38. The van der Waals surface area contributed by atoms with Gasteiger partial charge in [-0.15, -0.1) is 0 Å². The van der Waals surface area contributed by atoms with Crippen LogP contribution in [-0.4, -0.2) is 9.55 Å². The summed E-state index contributed by atoms with van der Waals surface area (Å²) in [7, 11) is 0. The van der Waals surface area contributed by atoms with Crippen LogP contribution in [0.5, 0.6) is 0 Å². The van der Waals surface area contributed by atoms with Crippen LogP contribution < -0.4 is 11.4 Å². The Kier molecular flexibility index (Phi) is 3.16. The molecule has 0 fully saturated rings. The SMILES string of the molecule is Cc1ccc2[nH]c(=O)n(Cc3ccc(CN)cc3)c2c1. The van der Waals surface area contributed by atoms with E-state index in [0.717, 1.165) is 27.7 Å². The number of imidazole rings is 1. The summed E-state index contributed by atoms with van der Waals surface area (Å²) < 4.78 is 1.76. The number of H-pyrrole nitrogens is 1. The summed E-state index contributed by atoms with van der Waals surface area (Å²) in [4.78, 5) is 14.9. The average Bonchev–Trinajstić information content (AvgIpc) is 2.76. The normalized spacial score (nSPS) is 11.1. The Labute approximate surface area is 116 Å². The number of nitrogens with two attached hydrogens (primary N) is 1. The molecule has 102 valence electrons. The zero-order valence-corrected chi connectivity index (χ0v) is 11.4. The molecular weight excluding hydrogens is 250 g/mol. The van der Waals surface area contributed by atoms with E-state index in [9.17, 15) is 4.79 Å². The van der Waals surface area contributed by atoms with Gasteiger partial charge < -0.3 is 10.7 Å². The molecule has 0 amide bonds. The first-order chi connectivity index (χ1) is 9.67. The third-order valence-corrected chi connectivity index (χ3v) is 3.53. The third kappa shape index (κ3) is 2.26. The molecule has 0 aliphatic heterocycles. The second-order valence-corrected chi connectivity index (χ2v) is 5.06. The van der Waals surface area contributed by atoms with Gasteiger partial charge in [0.2, 0.25) is 0 Å². The molecule has 1 heterocycles. The summed E-state index contributed by atoms with van der Waals surface area (Å²) in [6.45, 7) is 3.12. The monoisotopic (exact) mass is 267 g/mol. The Morgan fingerprint density at radius 1 is 1.10 bits per heavy atom. The topological polar surface area (TPSA) is 63.8 Å². The molecule has 3 rings (SSSR count). The van der Waals surface area contributed by atoms with Gasteiger partial charge in [-0.3, -0.25) is 4.57 Å². The molecule has 0 bridgehead atoms. The maximum Gasteiger partial charge on any atom is 0.326 e. The summed E-state index contributed by atoms with van der Waals surface area (Å²) in [5.41, 5.74) is 10.7. The first-order valence-electron chi connectivity index (χ1n) is 6.64. The predicted octanol–water partition coefficient (Wildman–Crippen LogP) is 2.15. The van der Waals surface area contributed by atoms with Gasteiger partial charge in [0.05, 0.1) is 17.6 Å². The van der Waals surface area contributed by atoms with Crippen LogP contribution in [0.1, 0.15) is 16.7 Å². The minimum absolute atomic E-state index is 0.0755. The van der Waals surface area contributed by atoms with Gasteiger partial charge in [0, 0.05) is 6.54 Å². The van der Waals surface area contributed by atoms with Gasteiger partial charge in [-0.25, -0.2) is 4.79 Å².